The number of hydrogen-bond acceptors (Lipinski definition) is 6. The summed E-state index contributed by atoms with van der Waals surface area (Å²) in [5.41, 5.74) is 0. The number of ether oxygens (including phenoxy) is 2. The first-order valence-corrected chi connectivity index (χ1v) is 7.62. The van der Waals surface area contributed by atoms with E-state index in [-0.39, 0.29) is 36.4 Å². The van der Waals surface area contributed by atoms with E-state index in [4.69, 9.17) is 21.1 Å². The molecular weight excluding hydrogens is 302 g/mol. The number of esters is 1. The molecule has 112 valence electrons. The van der Waals surface area contributed by atoms with Gasteiger partial charge in [-0.05, 0) is 6.92 Å². The fraction of sp³-hybridized carbons (Fsp3) is 0.615. The lowest BCUT2D eigenvalue weighted by Crippen LogP contribution is -2.14. The number of carbonyl (C=O) groups excluding carboxylic acids is 2. The third kappa shape index (κ3) is 5.56. The molecule has 0 saturated heterocycles. The topological polar surface area (TPSA) is 65.5 Å². The molecule has 0 bridgehead atoms. The normalized spacial score (nSPS) is 12.2. The molecule has 20 heavy (non-hydrogen) atoms. The highest BCUT2D eigenvalue weighted by atomic mass is 35.5. The number of ketones is 1. The van der Waals surface area contributed by atoms with Crippen molar-refractivity contribution in [3.05, 3.63) is 16.1 Å². The van der Waals surface area contributed by atoms with Crippen LogP contribution in [0, 0.1) is 0 Å². The van der Waals surface area contributed by atoms with Crippen molar-refractivity contribution in [3.8, 4) is 0 Å². The minimum Gasteiger partial charge on any atom is -0.466 e. The van der Waals surface area contributed by atoms with Crippen LogP contribution < -0.4 is 0 Å². The van der Waals surface area contributed by atoms with Gasteiger partial charge < -0.3 is 9.47 Å². The van der Waals surface area contributed by atoms with Crippen molar-refractivity contribution in [3.63, 3.8) is 0 Å². The van der Waals surface area contributed by atoms with E-state index in [1.54, 1.807) is 20.2 Å². The van der Waals surface area contributed by atoms with Gasteiger partial charge in [-0.25, -0.2) is 4.98 Å². The second-order valence-electron chi connectivity index (χ2n) is 4.17. The van der Waals surface area contributed by atoms with Gasteiger partial charge in [0.25, 0.3) is 0 Å². The van der Waals surface area contributed by atoms with Crippen LogP contribution in [0.25, 0.3) is 0 Å². The fourth-order valence-electron chi connectivity index (χ4n) is 1.73. The molecule has 5 nitrogen and oxygen atoms in total. The molecule has 1 aromatic rings. The molecule has 0 amide bonds. The number of hydrogen-bond donors (Lipinski definition) is 0. The molecule has 0 radical (unpaired) electrons. The maximum absolute atomic E-state index is 11.6. The summed E-state index contributed by atoms with van der Waals surface area (Å²) in [5.74, 6) is -0.698. The Morgan fingerprint density at radius 1 is 1.45 bits per heavy atom. The van der Waals surface area contributed by atoms with E-state index in [9.17, 15) is 9.59 Å². The number of rotatable bonds is 9. The zero-order chi connectivity index (χ0) is 15.0. The first-order chi connectivity index (χ1) is 9.60. The van der Waals surface area contributed by atoms with Crippen LogP contribution in [-0.4, -0.2) is 36.3 Å². The molecular formula is C13H18ClNO4S. The van der Waals surface area contributed by atoms with Crippen molar-refractivity contribution >= 4 is 34.7 Å². The maximum atomic E-state index is 11.6. The van der Waals surface area contributed by atoms with E-state index >= 15 is 0 Å². The number of aromatic nitrogens is 1. The van der Waals surface area contributed by atoms with Gasteiger partial charge in [0.1, 0.15) is 10.8 Å². The van der Waals surface area contributed by atoms with Crippen LogP contribution in [0.5, 0.6) is 0 Å². The third-order valence-corrected chi connectivity index (χ3v) is 4.01. The van der Waals surface area contributed by atoms with Crippen LogP contribution in [0.2, 0.25) is 0 Å². The molecule has 0 aliphatic rings. The van der Waals surface area contributed by atoms with E-state index in [2.05, 4.69) is 4.98 Å². The second kappa shape index (κ2) is 9.05. The van der Waals surface area contributed by atoms with E-state index in [1.807, 2.05) is 0 Å². The zero-order valence-corrected chi connectivity index (χ0v) is 13.1. The molecule has 0 aromatic carbocycles. The van der Waals surface area contributed by atoms with E-state index in [1.165, 1.54) is 11.3 Å². The minimum absolute atomic E-state index is 0.0525. The van der Waals surface area contributed by atoms with Crippen LogP contribution >= 0.6 is 22.9 Å². The number of halogens is 1. The zero-order valence-electron chi connectivity index (χ0n) is 11.6. The average Bonchev–Trinajstić information content (AvgIpc) is 2.87. The summed E-state index contributed by atoms with van der Waals surface area (Å²) < 4.78 is 9.95. The number of nitrogens with zero attached hydrogens (tertiary/aromatic N) is 1. The van der Waals surface area contributed by atoms with Crippen LogP contribution in [0.1, 0.15) is 35.6 Å². The van der Waals surface area contributed by atoms with Crippen molar-refractivity contribution in [1.29, 1.82) is 0 Å². The molecule has 0 spiro atoms. The van der Waals surface area contributed by atoms with Crippen molar-refractivity contribution in [2.24, 2.45) is 0 Å². The first-order valence-electron chi connectivity index (χ1n) is 6.27. The molecule has 0 N–H and O–H groups in total. The van der Waals surface area contributed by atoms with Crippen LogP contribution in [-0.2, 0) is 25.7 Å². The van der Waals surface area contributed by atoms with Gasteiger partial charge >= 0.3 is 5.97 Å². The Morgan fingerprint density at radius 2 is 2.20 bits per heavy atom. The van der Waals surface area contributed by atoms with Gasteiger partial charge in [0, 0.05) is 30.5 Å². The van der Waals surface area contributed by atoms with Crippen LogP contribution in [0.15, 0.2) is 6.20 Å². The summed E-state index contributed by atoms with van der Waals surface area (Å²) in [5, 5.41) is 0.815. The molecule has 1 unspecified atom stereocenters. The van der Waals surface area contributed by atoms with Gasteiger partial charge in [0.05, 0.1) is 25.5 Å². The molecule has 0 aliphatic carbocycles. The molecule has 0 saturated carbocycles. The number of thiazole rings is 1. The summed E-state index contributed by atoms with van der Waals surface area (Å²) in [6, 6.07) is 0. The predicted octanol–water partition coefficient (Wildman–Crippen LogP) is 2.52. The summed E-state index contributed by atoms with van der Waals surface area (Å²) in [7, 11) is 1.59. The lowest BCUT2D eigenvalue weighted by atomic mass is 9.98. The molecule has 7 heteroatoms. The van der Waals surface area contributed by atoms with Crippen LogP contribution in [0.4, 0.5) is 0 Å². The largest absolute Gasteiger partial charge is 0.466 e. The fourth-order valence-corrected chi connectivity index (χ4v) is 2.83. The highest BCUT2D eigenvalue weighted by molar-refractivity contribution is 7.11. The molecule has 1 aromatic heterocycles. The lowest BCUT2D eigenvalue weighted by molar-refractivity contribution is -0.143. The van der Waals surface area contributed by atoms with Gasteiger partial charge in [0.2, 0.25) is 0 Å². The van der Waals surface area contributed by atoms with Gasteiger partial charge in [-0.2, -0.15) is 0 Å². The Morgan fingerprint density at radius 3 is 2.80 bits per heavy atom. The predicted molar refractivity (Wildman–Crippen MR) is 77.2 cm³/mol. The van der Waals surface area contributed by atoms with Crippen molar-refractivity contribution in [1.82, 2.24) is 4.98 Å². The van der Waals surface area contributed by atoms with E-state index in [0.29, 0.717) is 13.2 Å². The Hall–Kier alpha value is -0.980. The Kier molecular flexibility index (Phi) is 7.72. The molecule has 1 rings (SSSR count). The summed E-state index contributed by atoms with van der Waals surface area (Å²) in [4.78, 5) is 28.3. The monoisotopic (exact) mass is 319 g/mol. The molecule has 1 heterocycles. The maximum Gasteiger partial charge on any atom is 0.306 e. The Balaban J connectivity index is 2.78. The van der Waals surface area contributed by atoms with Gasteiger partial charge in [-0.3, -0.25) is 9.59 Å². The molecule has 1 atom stereocenters. The number of Topliss-reactive ketones (excluding diaryl/α,β-unsaturated/α-hetero) is 1. The highest BCUT2D eigenvalue weighted by Crippen LogP contribution is 2.29. The Labute approximate surface area is 127 Å². The molecule has 0 fully saturated rings. The highest BCUT2D eigenvalue weighted by Gasteiger charge is 2.22. The quantitative estimate of drug-likeness (QED) is 0.517. The average molecular weight is 320 g/mol. The molecule has 0 aliphatic heterocycles. The Bertz CT molecular complexity index is 449. The van der Waals surface area contributed by atoms with Crippen LogP contribution in [0.3, 0.4) is 0 Å². The number of methoxy groups -OCH3 is 1. The van der Waals surface area contributed by atoms with Gasteiger partial charge in [-0.15, -0.1) is 22.9 Å². The number of carbonyl (C=O) groups is 2. The van der Waals surface area contributed by atoms with E-state index in [0.717, 1.165) is 9.88 Å². The first kappa shape index (κ1) is 17.1. The number of alkyl halides is 1. The smallest absolute Gasteiger partial charge is 0.306 e. The standard InChI is InChI=1S/C13H18ClNO4S/c1-3-19-13(17)5-9(4-10(16)6-14)11-7-15-12(20-11)8-18-2/h7,9H,3-6,8H2,1-2H3. The third-order valence-electron chi connectivity index (χ3n) is 2.58. The lowest BCUT2D eigenvalue weighted by Gasteiger charge is -2.12. The van der Waals surface area contributed by atoms with Crippen molar-refractivity contribution in [2.75, 3.05) is 19.6 Å². The minimum atomic E-state index is -0.318. The summed E-state index contributed by atoms with van der Waals surface area (Å²) >= 11 is 6.98. The van der Waals surface area contributed by atoms with Gasteiger partial charge in [0.15, 0.2) is 0 Å². The summed E-state index contributed by atoms with van der Waals surface area (Å²) in [6.07, 6.45) is 2.06. The van der Waals surface area contributed by atoms with Crippen molar-refractivity contribution in [2.45, 2.75) is 32.3 Å². The van der Waals surface area contributed by atoms with Crippen molar-refractivity contribution < 1.29 is 19.1 Å². The van der Waals surface area contributed by atoms with E-state index < -0.39 is 0 Å². The second-order valence-corrected chi connectivity index (χ2v) is 5.59. The van der Waals surface area contributed by atoms with Gasteiger partial charge in [-0.1, -0.05) is 0 Å². The summed E-state index contributed by atoms with van der Waals surface area (Å²) in [6.45, 7) is 2.49. The SMILES string of the molecule is CCOC(=O)CC(CC(=O)CCl)c1cnc(COC)s1.